The molecule has 2 saturated heterocycles. The Morgan fingerprint density at radius 2 is 1.77 bits per heavy atom. The summed E-state index contributed by atoms with van der Waals surface area (Å²) in [5.74, 6) is 2.62. The van der Waals surface area contributed by atoms with E-state index in [9.17, 15) is 4.79 Å². The van der Waals surface area contributed by atoms with Crippen molar-refractivity contribution in [2.75, 3.05) is 55.8 Å². The quantitative estimate of drug-likeness (QED) is 0.729. The van der Waals surface area contributed by atoms with E-state index in [1.807, 2.05) is 43.3 Å². The monoisotopic (exact) mass is 425 g/mol. The van der Waals surface area contributed by atoms with Gasteiger partial charge in [0.25, 0.3) is 0 Å². The highest BCUT2D eigenvalue weighted by molar-refractivity contribution is 5.79. The summed E-state index contributed by atoms with van der Waals surface area (Å²) < 4.78 is 10.9. The summed E-state index contributed by atoms with van der Waals surface area (Å²) in [5.41, 5.74) is 1.06. The smallest absolute Gasteiger partial charge is 0.225 e. The van der Waals surface area contributed by atoms with Gasteiger partial charge >= 0.3 is 0 Å². The SMILES string of the molecule is CCOc1ccc(CNC(=O)[C@H]2CCCN(c3ccc(N4CCOCC4)nn3)C2)cc1. The van der Waals surface area contributed by atoms with Gasteiger partial charge in [-0.15, -0.1) is 10.2 Å². The van der Waals surface area contributed by atoms with E-state index >= 15 is 0 Å². The zero-order chi connectivity index (χ0) is 21.5. The van der Waals surface area contributed by atoms with Crippen LogP contribution in [0.4, 0.5) is 11.6 Å². The van der Waals surface area contributed by atoms with Crippen LogP contribution in [-0.2, 0) is 16.1 Å². The molecule has 0 radical (unpaired) electrons. The summed E-state index contributed by atoms with van der Waals surface area (Å²) in [6, 6.07) is 11.9. The third kappa shape index (κ3) is 5.64. The summed E-state index contributed by atoms with van der Waals surface area (Å²) in [4.78, 5) is 17.1. The highest BCUT2D eigenvalue weighted by atomic mass is 16.5. The Kier molecular flexibility index (Phi) is 7.19. The maximum absolute atomic E-state index is 12.8. The topological polar surface area (TPSA) is 79.8 Å². The third-order valence-electron chi connectivity index (χ3n) is 5.79. The van der Waals surface area contributed by atoms with Crippen molar-refractivity contribution in [2.24, 2.45) is 5.92 Å². The first kappa shape index (κ1) is 21.4. The number of nitrogens with one attached hydrogen (secondary N) is 1. The van der Waals surface area contributed by atoms with Gasteiger partial charge in [0.05, 0.1) is 25.7 Å². The average Bonchev–Trinajstić information content (AvgIpc) is 2.84. The molecule has 4 rings (SSSR count). The Bertz CT molecular complexity index is 837. The van der Waals surface area contributed by atoms with E-state index in [0.717, 1.165) is 68.6 Å². The molecule has 2 aliphatic rings. The van der Waals surface area contributed by atoms with Crippen LogP contribution in [0.3, 0.4) is 0 Å². The predicted molar refractivity (Wildman–Crippen MR) is 119 cm³/mol. The number of hydrogen-bond donors (Lipinski definition) is 1. The zero-order valence-electron chi connectivity index (χ0n) is 18.1. The number of aromatic nitrogens is 2. The van der Waals surface area contributed by atoms with Crippen LogP contribution in [-0.4, -0.2) is 62.1 Å². The first-order valence-corrected chi connectivity index (χ1v) is 11.1. The fourth-order valence-electron chi connectivity index (χ4n) is 4.05. The van der Waals surface area contributed by atoms with Crippen molar-refractivity contribution >= 4 is 17.5 Å². The number of rotatable bonds is 7. The van der Waals surface area contributed by atoms with Crippen molar-refractivity contribution < 1.29 is 14.3 Å². The van der Waals surface area contributed by atoms with E-state index in [0.29, 0.717) is 19.7 Å². The molecule has 31 heavy (non-hydrogen) atoms. The van der Waals surface area contributed by atoms with Gasteiger partial charge in [-0.25, -0.2) is 0 Å². The Balaban J connectivity index is 1.29. The molecule has 0 unspecified atom stereocenters. The molecular weight excluding hydrogens is 394 g/mol. The second-order valence-corrected chi connectivity index (χ2v) is 7.93. The van der Waals surface area contributed by atoms with Crippen LogP contribution in [0.2, 0.25) is 0 Å². The Morgan fingerprint density at radius 1 is 1.06 bits per heavy atom. The van der Waals surface area contributed by atoms with Gasteiger partial charge in [0, 0.05) is 32.7 Å². The number of nitrogens with zero attached hydrogens (tertiary/aromatic N) is 4. The fourth-order valence-corrected chi connectivity index (χ4v) is 4.05. The summed E-state index contributed by atoms with van der Waals surface area (Å²) in [5, 5.41) is 11.9. The highest BCUT2D eigenvalue weighted by Crippen LogP contribution is 2.23. The Labute approximate surface area is 183 Å². The average molecular weight is 426 g/mol. The molecule has 2 aliphatic heterocycles. The van der Waals surface area contributed by atoms with E-state index in [1.165, 1.54) is 0 Å². The van der Waals surface area contributed by atoms with Gasteiger partial charge in [-0.2, -0.15) is 0 Å². The lowest BCUT2D eigenvalue weighted by Gasteiger charge is -2.33. The number of anilines is 2. The minimum absolute atomic E-state index is 0.0443. The maximum atomic E-state index is 12.8. The van der Waals surface area contributed by atoms with Gasteiger partial charge in [0.2, 0.25) is 5.91 Å². The number of benzene rings is 1. The minimum Gasteiger partial charge on any atom is -0.494 e. The maximum Gasteiger partial charge on any atom is 0.225 e. The first-order chi connectivity index (χ1) is 15.2. The third-order valence-corrected chi connectivity index (χ3v) is 5.79. The molecule has 2 fully saturated rings. The van der Waals surface area contributed by atoms with Crippen LogP contribution in [0.1, 0.15) is 25.3 Å². The van der Waals surface area contributed by atoms with E-state index in [-0.39, 0.29) is 11.8 Å². The van der Waals surface area contributed by atoms with E-state index in [1.54, 1.807) is 0 Å². The molecule has 3 heterocycles. The first-order valence-electron chi connectivity index (χ1n) is 11.1. The predicted octanol–water partition coefficient (Wildman–Crippen LogP) is 2.24. The number of piperidine rings is 1. The molecule has 166 valence electrons. The molecule has 1 N–H and O–H groups in total. The molecule has 0 aliphatic carbocycles. The van der Waals surface area contributed by atoms with E-state index in [2.05, 4.69) is 25.3 Å². The van der Waals surface area contributed by atoms with Gasteiger partial charge in [0.1, 0.15) is 5.75 Å². The molecule has 0 bridgehead atoms. The summed E-state index contributed by atoms with van der Waals surface area (Å²) in [6.07, 6.45) is 1.86. The van der Waals surface area contributed by atoms with Gasteiger partial charge in [0.15, 0.2) is 11.6 Å². The molecule has 1 atom stereocenters. The van der Waals surface area contributed by atoms with Crippen LogP contribution in [0, 0.1) is 5.92 Å². The second-order valence-electron chi connectivity index (χ2n) is 7.93. The number of ether oxygens (including phenoxy) is 2. The lowest BCUT2D eigenvalue weighted by Crippen LogP contribution is -2.43. The van der Waals surface area contributed by atoms with Crippen LogP contribution in [0.25, 0.3) is 0 Å². The van der Waals surface area contributed by atoms with Crippen molar-refractivity contribution in [2.45, 2.75) is 26.3 Å². The van der Waals surface area contributed by atoms with Crippen molar-refractivity contribution in [3.63, 3.8) is 0 Å². The molecule has 1 aromatic carbocycles. The second kappa shape index (κ2) is 10.4. The molecular formula is C23H31N5O3. The van der Waals surface area contributed by atoms with Crippen molar-refractivity contribution in [3.05, 3.63) is 42.0 Å². The zero-order valence-corrected chi connectivity index (χ0v) is 18.1. The number of carbonyl (C=O) groups is 1. The number of hydrogen-bond acceptors (Lipinski definition) is 7. The van der Waals surface area contributed by atoms with E-state index in [4.69, 9.17) is 9.47 Å². The Morgan fingerprint density at radius 3 is 2.45 bits per heavy atom. The molecule has 0 saturated carbocycles. The lowest BCUT2D eigenvalue weighted by molar-refractivity contribution is -0.125. The molecule has 0 spiro atoms. The van der Waals surface area contributed by atoms with Crippen LogP contribution < -0.4 is 19.9 Å². The highest BCUT2D eigenvalue weighted by Gasteiger charge is 2.26. The van der Waals surface area contributed by atoms with Crippen LogP contribution in [0.15, 0.2) is 36.4 Å². The number of carbonyl (C=O) groups excluding carboxylic acids is 1. The van der Waals surface area contributed by atoms with Gasteiger partial charge in [-0.05, 0) is 49.6 Å². The van der Waals surface area contributed by atoms with Crippen molar-refractivity contribution in [1.29, 1.82) is 0 Å². The van der Waals surface area contributed by atoms with Crippen LogP contribution in [0.5, 0.6) is 5.75 Å². The normalized spacial score (nSPS) is 19.2. The van der Waals surface area contributed by atoms with Crippen molar-refractivity contribution in [1.82, 2.24) is 15.5 Å². The van der Waals surface area contributed by atoms with Gasteiger partial charge in [-0.3, -0.25) is 4.79 Å². The lowest BCUT2D eigenvalue weighted by atomic mass is 9.97. The molecule has 8 heteroatoms. The largest absolute Gasteiger partial charge is 0.494 e. The van der Waals surface area contributed by atoms with Gasteiger partial charge < -0.3 is 24.6 Å². The number of amides is 1. The molecule has 2 aromatic rings. The molecule has 1 aromatic heterocycles. The Hall–Kier alpha value is -2.87. The summed E-state index contributed by atoms with van der Waals surface area (Å²) in [7, 11) is 0. The van der Waals surface area contributed by atoms with Crippen LogP contribution >= 0.6 is 0 Å². The van der Waals surface area contributed by atoms with Crippen molar-refractivity contribution in [3.8, 4) is 5.75 Å². The standard InChI is InChI=1S/C23H31N5O3/c1-2-31-20-7-5-18(6-8-20)16-24-23(29)19-4-3-11-28(17-19)22-10-9-21(25-26-22)27-12-14-30-15-13-27/h5-10,19H,2-4,11-17H2,1H3,(H,24,29)/t19-/m0/s1. The minimum atomic E-state index is -0.0443. The summed E-state index contributed by atoms with van der Waals surface area (Å²) >= 11 is 0. The summed E-state index contributed by atoms with van der Waals surface area (Å²) in [6.45, 7) is 7.83. The fraction of sp³-hybridized carbons (Fsp3) is 0.522. The van der Waals surface area contributed by atoms with Gasteiger partial charge in [-0.1, -0.05) is 12.1 Å². The number of morpholine rings is 1. The molecule has 1 amide bonds. The van der Waals surface area contributed by atoms with E-state index < -0.39 is 0 Å². The molecule has 8 nitrogen and oxygen atoms in total.